The third-order valence-electron chi connectivity index (χ3n) is 3.55. The summed E-state index contributed by atoms with van der Waals surface area (Å²) in [4.78, 5) is 11.8. The maximum atomic E-state index is 11.8. The smallest absolute Gasteiger partial charge is 0.224 e. The molecule has 1 atom stereocenters. The van der Waals surface area contributed by atoms with E-state index in [0.717, 1.165) is 28.3 Å². The molecule has 1 heterocycles. The van der Waals surface area contributed by atoms with Gasteiger partial charge < -0.3 is 5.32 Å². The first-order valence-corrected chi connectivity index (χ1v) is 6.76. The van der Waals surface area contributed by atoms with Crippen molar-refractivity contribution in [3.8, 4) is 0 Å². The summed E-state index contributed by atoms with van der Waals surface area (Å²) < 4.78 is 0. The summed E-state index contributed by atoms with van der Waals surface area (Å²) in [6.07, 6.45) is 1.30. The predicted molar refractivity (Wildman–Crippen MR) is 77.6 cm³/mol. The Morgan fingerprint density at radius 2 is 1.68 bits per heavy atom. The fourth-order valence-corrected chi connectivity index (χ4v) is 2.91. The summed E-state index contributed by atoms with van der Waals surface area (Å²) in [5.74, 6) is 0.242. The molecule has 1 aliphatic heterocycles. The van der Waals surface area contributed by atoms with Gasteiger partial charge >= 0.3 is 0 Å². The SMILES string of the molecule is O=C1CCC(c2ccccc2Cl)c2ccccc2N1. The molecule has 0 fully saturated rings. The maximum absolute atomic E-state index is 11.8. The molecule has 0 aliphatic carbocycles. The molecule has 0 saturated heterocycles. The summed E-state index contributed by atoms with van der Waals surface area (Å²) in [6, 6.07) is 15.8. The van der Waals surface area contributed by atoms with Crippen LogP contribution in [0.5, 0.6) is 0 Å². The molecular weight excluding hydrogens is 258 g/mol. The van der Waals surface area contributed by atoms with E-state index in [0.29, 0.717) is 6.42 Å². The Hall–Kier alpha value is -1.80. The van der Waals surface area contributed by atoms with E-state index in [9.17, 15) is 4.79 Å². The molecule has 0 saturated carbocycles. The van der Waals surface area contributed by atoms with Gasteiger partial charge in [-0.3, -0.25) is 4.79 Å². The number of benzene rings is 2. The van der Waals surface area contributed by atoms with Crippen LogP contribution in [0.15, 0.2) is 48.5 Å². The van der Waals surface area contributed by atoms with Crippen LogP contribution in [0.4, 0.5) is 5.69 Å². The molecule has 0 aromatic heterocycles. The number of rotatable bonds is 1. The van der Waals surface area contributed by atoms with Crippen molar-refractivity contribution < 1.29 is 4.79 Å². The number of halogens is 1. The van der Waals surface area contributed by atoms with E-state index in [4.69, 9.17) is 11.6 Å². The second-order valence-corrected chi connectivity index (χ2v) is 5.16. The van der Waals surface area contributed by atoms with Crippen LogP contribution >= 0.6 is 11.6 Å². The fraction of sp³-hybridized carbons (Fsp3) is 0.188. The van der Waals surface area contributed by atoms with E-state index in [1.807, 2.05) is 42.5 Å². The molecule has 0 radical (unpaired) electrons. The second kappa shape index (κ2) is 5.06. The molecule has 2 aromatic rings. The zero-order valence-electron chi connectivity index (χ0n) is 10.4. The normalized spacial score (nSPS) is 18.4. The summed E-state index contributed by atoms with van der Waals surface area (Å²) in [7, 11) is 0. The van der Waals surface area contributed by atoms with E-state index in [1.165, 1.54) is 0 Å². The lowest BCUT2D eigenvalue weighted by molar-refractivity contribution is -0.116. The maximum Gasteiger partial charge on any atom is 0.224 e. The lowest BCUT2D eigenvalue weighted by Crippen LogP contribution is -2.08. The standard InChI is InChI=1S/C16H14ClNO/c17-14-7-3-1-5-12(14)11-9-10-16(19)18-15-8-4-2-6-13(11)15/h1-8,11H,9-10H2,(H,18,19). The Morgan fingerprint density at radius 3 is 2.47 bits per heavy atom. The van der Waals surface area contributed by atoms with Gasteiger partial charge in [0.05, 0.1) is 0 Å². The molecule has 3 heteroatoms. The van der Waals surface area contributed by atoms with Gasteiger partial charge in [-0.25, -0.2) is 0 Å². The van der Waals surface area contributed by atoms with E-state index < -0.39 is 0 Å². The van der Waals surface area contributed by atoms with Crippen molar-refractivity contribution in [2.75, 3.05) is 5.32 Å². The molecule has 0 bridgehead atoms. The van der Waals surface area contributed by atoms with Crippen molar-refractivity contribution >= 4 is 23.2 Å². The number of hydrogen-bond donors (Lipinski definition) is 1. The van der Waals surface area contributed by atoms with Gasteiger partial charge in [-0.05, 0) is 29.7 Å². The molecule has 2 nitrogen and oxygen atoms in total. The molecular formula is C16H14ClNO. The first-order valence-electron chi connectivity index (χ1n) is 6.39. The highest BCUT2D eigenvalue weighted by atomic mass is 35.5. The largest absolute Gasteiger partial charge is 0.326 e. The minimum atomic E-state index is 0.0713. The molecule has 1 amide bonds. The number of amides is 1. The molecule has 1 aliphatic rings. The minimum Gasteiger partial charge on any atom is -0.326 e. The summed E-state index contributed by atoms with van der Waals surface area (Å²) in [6.45, 7) is 0. The average Bonchev–Trinajstić information content (AvgIpc) is 2.58. The van der Waals surface area contributed by atoms with Gasteiger partial charge in [0.2, 0.25) is 5.91 Å². The monoisotopic (exact) mass is 271 g/mol. The summed E-state index contributed by atoms with van der Waals surface area (Å²) in [5, 5.41) is 3.72. The van der Waals surface area contributed by atoms with E-state index in [1.54, 1.807) is 0 Å². The Bertz CT molecular complexity index is 624. The Labute approximate surface area is 117 Å². The number of carbonyl (C=O) groups excluding carboxylic acids is 1. The lowest BCUT2D eigenvalue weighted by atomic mass is 9.87. The molecule has 19 heavy (non-hydrogen) atoms. The van der Waals surface area contributed by atoms with Gasteiger partial charge in [0.15, 0.2) is 0 Å². The van der Waals surface area contributed by atoms with Crippen molar-refractivity contribution in [3.05, 3.63) is 64.7 Å². The van der Waals surface area contributed by atoms with E-state index in [2.05, 4.69) is 11.4 Å². The highest BCUT2D eigenvalue weighted by molar-refractivity contribution is 6.31. The van der Waals surface area contributed by atoms with Crippen LogP contribution in [0.3, 0.4) is 0 Å². The fourth-order valence-electron chi connectivity index (χ4n) is 2.64. The molecule has 96 valence electrons. The number of nitrogens with one attached hydrogen (secondary N) is 1. The highest BCUT2D eigenvalue weighted by Crippen LogP contribution is 2.38. The number of para-hydroxylation sites is 1. The second-order valence-electron chi connectivity index (χ2n) is 4.75. The topological polar surface area (TPSA) is 29.1 Å². The third-order valence-corrected chi connectivity index (χ3v) is 3.90. The number of hydrogen-bond acceptors (Lipinski definition) is 1. The van der Waals surface area contributed by atoms with Crippen LogP contribution in [0.25, 0.3) is 0 Å². The number of fused-ring (bicyclic) bond motifs is 1. The first-order chi connectivity index (χ1) is 9.25. The molecule has 1 unspecified atom stereocenters. The van der Waals surface area contributed by atoms with Crippen molar-refractivity contribution in [2.24, 2.45) is 0 Å². The van der Waals surface area contributed by atoms with E-state index in [-0.39, 0.29) is 11.8 Å². The van der Waals surface area contributed by atoms with Crippen molar-refractivity contribution in [2.45, 2.75) is 18.8 Å². The number of anilines is 1. The minimum absolute atomic E-state index is 0.0713. The van der Waals surface area contributed by atoms with Crippen LogP contribution < -0.4 is 5.32 Å². The van der Waals surface area contributed by atoms with Gasteiger partial charge in [-0.15, -0.1) is 0 Å². The molecule has 2 aromatic carbocycles. The zero-order chi connectivity index (χ0) is 13.2. The predicted octanol–water partition coefficient (Wildman–Crippen LogP) is 4.20. The van der Waals surface area contributed by atoms with Crippen LogP contribution in [0.2, 0.25) is 5.02 Å². The van der Waals surface area contributed by atoms with Crippen molar-refractivity contribution in [3.63, 3.8) is 0 Å². The van der Waals surface area contributed by atoms with Crippen LogP contribution in [-0.2, 0) is 4.79 Å². The van der Waals surface area contributed by atoms with Crippen LogP contribution in [-0.4, -0.2) is 5.91 Å². The van der Waals surface area contributed by atoms with Crippen molar-refractivity contribution in [1.82, 2.24) is 0 Å². The van der Waals surface area contributed by atoms with Gasteiger partial charge in [-0.2, -0.15) is 0 Å². The molecule has 0 spiro atoms. The van der Waals surface area contributed by atoms with Crippen LogP contribution in [0, 0.1) is 0 Å². The average molecular weight is 272 g/mol. The molecule has 1 N–H and O–H groups in total. The van der Waals surface area contributed by atoms with Gasteiger partial charge in [0.25, 0.3) is 0 Å². The Morgan fingerprint density at radius 1 is 1.00 bits per heavy atom. The van der Waals surface area contributed by atoms with Crippen molar-refractivity contribution in [1.29, 1.82) is 0 Å². The molecule has 3 rings (SSSR count). The Balaban J connectivity index is 2.12. The van der Waals surface area contributed by atoms with Gasteiger partial charge in [0.1, 0.15) is 0 Å². The van der Waals surface area contributed by atoms with Gasteiger partial charge in [-0.1, -0.05) is 48.0 Å². The zero-order valence-corrected chi connectivity index (χ0v) is 11.2. The Kier molecular flexibility index (Phi) is 3.26. The first kappa shape index (κ1) is 12.2. The highest BCUT2D eigenvalue weighted by Gasteiger charge is 2.24. The van der Waals surface area contributed by atoms with Gasteiger partial charge in [0, 0.05) is 23.0 Å². The van der Waals surface area contributed by atoms with Crippen LogP contribution in [0.1, 0.15) is 29.9 Å². The quantitative estimate of drug-likeness (QED) is 0.827. The number of carbonyl (C=O) groups is 1. The lowest BCUT2D eigenvalue weighted by Gasteiger charge is -2.18. The van der Waals surface area contributed by atoms with E-state index >= 15 is 0 Å². The summed E-state index contributed by atoms with van der Waals surface area (Å²) in [5.41, 5.74) is 3.13. The third kappa shape index (κ3) is 2.36. The summed E-state index contributed by atoms with van der Waals surface area (Å²) >= 11 is 6.31.